The van der Waals surface area contributed by atoms with Crippen molar-refractivity contribution >= 4 is 23.2 Å². The largest absolute Gasteiger partial charge is 0.401 e. The van der Waals surface area contributed by atoms with Gasteiger partial charge in [-0.1, -0.05) is 0 Å². The van der Waals surface area contributed by atoms with Crippen LogP contribution in [0.1, 0.15) is 12.0 Å². The molecule has 0 atom stereocenters. The third-order valence-corrected chi connectivity index (χ3v) is 2.90. The monoisotopic (exact) mass is 301 g/mol. The van der Waals surface area contributed by atoms with E-state index in [1.54, 1.807) is 18.2 Å². The van der Waals surface area contributed by atoms with Gasteiger partial charge in [0.1, 0.15) is 0 Å². The van der Waals surface area contributed by atoms with Crippen LogP contribution >= 0.6 is 0 Å². The number of anilines is 2. The van der Waals surface area contributed by atoms with Crippen molar-refractivity contribution in [2.75, 3.05) is 23.7 Å². The number of benzene rings is 1. The summed E-state index contributed by atoms with van der Waals surface area (Å²) < 4.78 is 35.8. The van der Waals surface area contributed by atoms with Gasteiger partial charge in [0.05, 0.1) is 13.1 Å². The lowest BCUT2D eigenvalue weighted by atomic mass is 10.0. The van der Waals surface area contributed by atoms with Crippen LogP contribution in [0.3, 0.4) is 0 Å². The highest BCUT2D eigenvalue weighted by atomic mass is 19.4. The van der Waals surface area contributed by atoms with E-state index in [0.29, 0.717) is 24.2 Å². The van der Waals surface area contributed by atoms with Crippen LogP contribution in [-0.2, 0) is 16.0 Å². The molecule has 1 aromatic carbocycles. The van der Waals surface area contributed by atoms with E-state index in [2.05, 4.69) is 10.6 Å². The van der Waals surface area contributed by atoms with Gasteiger partial charge in [0, 0.05) is 17.8 Å². The number of hydrogen-bond acceptors (Lipinski definition) is 3. The Balaban J connectivity index is 1.88. The first-order valence-electron chi connectivity index (χ1n) is 6.33. The molecule has 0 unspecified atom stereocenters. The lowest BCUT2D eigenvalue weighted by Crippen LogP contribution is -2.35. The van der Waals surface area contributed by atoms with Crippen LogP contribution in [0.5, 0.6) is 0 Å². The number of nitrogens with one attached hydrogen (secondary N) is 3. The van der Waals surface area contributed by atoms with Gasteiger partial charge in [0.2, 0.25) is 11.8 Å². The van der Waals surface area contributed by atoms with Crippen LogP contribution in [0.15, 0.2) is 18.2 Å². The number of carbonyl (C=O) groups excluding carboxylic acids is 2. The van der Waals surface area contributed by atoms with E-state index >= 15 is 0 Å². The maximum absolute atomic E-state index is 11.9. The summed E-state index contributed by atoms with van der Waals surface area (Å²) in [5.74, 6) is -0.616. The van der Waals surface area contributed by atoms with E-state index in [1.165, 1.54) is 0 Å². The third kappa shape index (κ3) is 4.75. The van der Waals surface area contributed by atoms with Gasteiger partial charge in [-0.2, -0.15) is 13.2 Å². The molecule has 0 saturated carbocycles. The van der Waals surface area contributed by atoms with Gasteiger partial charge in [-0.25, -0.2) is 0 Å². The molecule has 0 aliphatic carbocycles. The third-order valence-electron chi connectivity index (χ3n) is 2.90. The second-order valence-electron chi connectivity index (χ2n) is 4.69. The summed E-state index contributed by atoms with van der Waals surface area (Å²) in [6.07, 6.45) is -3.40. The number of rotatable bonds is 4. The highest BCUT2D eigenvalue weighted by Gasteiger charge is 2.26. The Morgan fingerprint density at radius 2 is 2.05 bits per heavy atom. The van der Waals surface area contributed by atoms with Gasteiger partial charge < -0.3 is 16.0 Å². The van der Waals surface area contributed by atoms with Crippen molar-refractivity contribution in [1.82, 2.24) is 5.32 Å². The number of carbonyl (C=O) groups is 2. The maximum atomic E-state index is 11.9. The molecule has 1 heterocycles. The molecule has 21 heavy (non-hydrogen) atoms. The zero-order valence-electron chi connectivity index (χ0n) is 11.0. The Hall–Kier alpha value is -2.09. The molecule has 0 radical (unpaired) electrons. The fraction of sp³-hybridized carbons (Fsp3) is 0.385. The molecule has 3 N–H and O–H groups in total. The standard InChI is InChI=1S/C13H14F3N3O2/c14-13(15,16)7-17-6-12(21)18-9-2-3-10-8(5-9)1-4-11(20)19-10/h2-3,5,17H,1,4,6-7H2,(H,18,21)(H,19,20). The summed E-state index contributed by atoms with van der Waals surface area (Å²) in [7, 11) is 0. The van der Waals surface area contributed by atoms with E-state index in [1.807, 2.05) is 5.32 Å². The van der Waals surface area contributed by atoms with Crippen LogP contribution in [0.25, 0.3) is 0 Å². The first kappa shape index (κ1) is 15.3. The lowest BCUT2D eigenvalue weighted by molar-refractivity contribution is -0.127. The van der Waals surface area contributed by atoms with Gasteiger partial charge in [-0.15, -0.1) is 0 Å². The van der Waals surface area contributed by atoms with Crippen LogP contribution in [0.2, 0.25) is 0 Å². The minimum Gasteiger partial charge on any atom is -0.326 e. The quantitative estimate of drug-likeness (QED) is 0.792. The number of amides is 2. The zero-order chi connectivity index (χ0) is 15.5. The molecule has 8 heteroatoms. The molecule has 114 valence electrons. The van der Waals surface area contributed by atoms with Crippen molar-refractivity contribution < 1.29 is 22.8 Å². The summed E-state index contributed by atoms with van der Waals surface area (Å²) in [6, 6.07) is 4.95. The van der Waals surface area contributed by atoms with Crippen molar-refractivity contribution in [1.29, 1.82) is 0 Å². The number of hydrogen-bond donors (Lipinski definition) is 3. The Morgan fingerprint density at radius 3 is 2.76 bits per heavy atom. The summed E-state index contributed by atoms with van der Waals surface area (Å²) >= 11 is 0. The maximum Gasteiger partial charge on any atom is 0.401 e. The van der Waals surface area contributed by atoms with Crippen molar-refractivity contribution in [2.45, 2.75) is 19.0 Å². The topological polar surface area (TPSA) is 70.2 Å². The van der Waals surface area contributed by atoms with Crippen molar-refractivity contribution in [2.24, 2.45) is 0 Å². The van der Waals surface area contributed by atoms with Crippen molar-refractivity contribution in [3.05, 3.63) is 23.8 Å². The second-order valence-corrected chi connectivity index (χ2v) is 4.69. The predicted molar refractivity (Wildman–Crippen MR) is 70.9 cm³/mol. The molecule has 2 amide bonds. The van der Waals surface area contributed by atoms with Gasteiger partial charge in [0.15, 0.2) is 0 Å². The Kier molecular flexibility index (Phi) is 4.46. The highest BCUT2D eigenvalue weighted by Crippen LogP contribution is 2.25. The molecular weight excluding hydrogens is 287 g/mol. The van der Waals surface area contributed by atoms with E-state index in [4.69, 9.17) is 0 Å². The van der Waals surface area contributed by atoms with Crippen LogP contribution < -0.4 is 16.0 Å². The van der Waals surface area contributed by atoms with E-state index in [0.717, 1.165) is 5.56 Å². The summed E-state index contributed by atoms with van der Waals surface area (Å²) in [5.41, 5.74) is 2.07. The molecular formula is C13H14F3N3O2. The molecule has 1 aromatic rings. The number of aryl methyl sites for hydroxylation is 1. The fourth-order valence-corrected chi connectivity index (χ4v) is 1.98. The average molecular weight is 301 g/mol. The van der Waals surface area contributed by atoms with E-state index in [9.17, 15) is 22.8 Å². The van der Waals surface area contributed by atoms with E-state index in [-0.39, 0.29) is 5.91 Å². The molecule has 2 rings (SSSR count). The van der Waals surface area contributed by atoms with Gasteiger partial charge in [0.25, 0.3) is 0 Å². The number of fused-ring (bicyclic) bond motifs is 1. The summed E-state index contributed by atoms with van der Waals surface area (Å²) in [4.78, 5) is 22.7. The molecule has 0 fully saturated rings. The minimum absolute atomic E-state index is 0.0596. The molecule has 0 bridgehead atoms. The Labute approximate surface area is 118 Å². The Bertz CT molecular complexity index is 558. The molecule has 0 saturated heterocycles. The molecule has 1 aliphatic heterocycles. The SMILES string of the molecule is O=C(CNCC(F)(F)F)Nc1ccc2c(c1)CCC(=O)N2. The Morgan fingerprint density at radius 1 is 1.29 bits per heavy atom. The van der Waals surface area contributed by atoms with Crippen LogP contribution in [0.4, 0.5) is 24.5 Å². The normalized spacial score (nSPS) is 14.3. The smallest absolute Gasteiger partial charge is 0.326 e. The first-order chi connectivity index (χ1) is 9.83. The summed E-state index contributed by atoms with van der Waals surface area (Å²) in [6.45, 7) is -1.63. The van der Waals surface area contributed by atoms with Crippen LogP contribution in [0, 0.1) is 0 Å². The molecule has 1 aliphatic rings. The molecule has 5 nitrogen and oxygen atoms in total. The fourth-order valence-electron chi connectivity index (χ4n) is 1.98. The van der Waals surface area contributed by atoms with Crippen molar-refractivity contribution in [3.8, 4) is 0 Å². The highest BCUT2D eigenvalue weighted by molar-refractivity contribution is 5.96. The van der Waals surface area contributed by atoms with Crippen LogP contribution in [-0.4, -0.2) is 31.1 Å². The predicted octanol–water partition coefficient (Wildman–Crippen LogP) is 1.66. The van der Waals surface area contributed by atoms with Gasteiger partial charge in [-0.05, 0) is 30.2 Å². The number of halogens is 3. The first-order valence-corrected chi connectivity index (χ1v) is 6.33. The zero-order valence-corrected chi connectivity index (χ0v) is 11.0. The average Bonchev–Trinajstić information content (AvgIpc) is 2.37. The van der Waals surface area contributed by atoms with E-state index < -0.39 is 25.2 Å². The van der Waals surface area contributed by atoms with Crippen molar-refractivity contribution in [3.63, 3.8) is 0 Å². The minimum atomic E-state index is -4.34. The molecule has 0 aromatic heterocycles. The molecule has 0 spiro atoms. The summed E-state index contributed by atoms with van der Waals surface area (Å²) in [5, 5.41) is 7.23. The van der Waals surface area contributed by atoms with Gasteiger partial charge >= 0.3 is 6.18 Å². The number of alkyl halides is 3. The van der Waals surface area contributed by atoms with Gasteiger partial charge in [-0.3, -0.25) is 9.59 Å². The lowest BCUT2D eigenvalue weighted by Gasteiger charge is -2.17. The second kappa shape index (κ2) is 6.13.